The van der Waals surface area contributed by atoms with Crippen molar-refractivity contribution >= 4 is 35.1 Å². The number of fused-ring (bicyclic) bond motifs is 1. The second kappa shape index (κ2) is 8.00. The molecule has 1 aliphatic heterocycles. The lowest BCUT2D eigenvalue weighted by Crippen LogP contribution is -2.33. The van der Waals surface area contributed by atoms with E-state index < -0.39 is 0 Å². The molecule has 1 aliphatic carbocycles. The van der Waals surface area contributed by atoms with Crippen LogP contribution in [-0.4, -0.2) is 43.7 Å². The summed E-state index contributed by atoms with van der Waals surface area (Å²) >= 11 is 3.31. The van der Waals surface area contributed by atoms with Crippen LogP contribution in [0.1, 0.15) is 45.1 Å². The minimum absolute atomic E-state index is 0.123. The summed E-state index contributed by atoms with van der Waals surface area (Å²) in [7, 11) is 0. The SMILES string of the molecule is CC1CCN(C(=O)CSc2nnnn2C2CCCC2)c2ccccc2S1. The van der Waals surface area contributed by atoms with Crippen LogP contribution in [0.25, 0.3) is 0 Å². The molecule has 0 N–H and O–H groups in total. The van der Waals surface area contributed by atoms with Crippen LogP contribution in [0.15, 0.2) is 34.3 Å². The number of amides is 1. The molecule has 0 radical (unpaired) electrons. The van der Waals surface area contributed by atoms with Gasteiger partial charge >= 0.3 is 0 Å². The summed E-state index contributed by atoms with van der Waals surface area (Å²) < 4.78 is 1.92. The molecule has 1 aromatic heterocycles. The monoisotopic (exact) mass is 389 g/mol. The van der Waals surface area contributed by atoms with Crippen LogP contribution >= 0.6 is 23.5 Å². The second-order valence-corrected chi connectivity index (χ2v) is 9.29. The molecular weight excluding hydrogens is 366 g/mol. The fourth-order valence-corrected chi connectivity index (χ4v) is 5.54. The first kappa shape index (κ1) is 17.9. The molecule has 6 nitrogen and oxygen atoms in total. The third-order valence-electron chi connectivity index (χ3n) is 5.00. The number of nitrogens with zero attached hydrogens (tertiary/aromatic N) is 5. The van der Waals surface area contributed by atoms with Gasteiger partial charge in [-0.2, -0.15) is 0 Å². The van der Waals surface area contributed by atoms with Crippen LogP contribution in [0.3, 0.4) is 0 Å². The van der Waals surface area contributed by atoms with E-state index in [4.69, 9.17) is 0 Å². The molecular formula is C18H23N5OS2. The highest BCUT2D eigenvalue weighted by Crippen LogP contribution is 2.38. The Morgan fingerprint density at radius 3 is 2.92 bits per heavy atom. The van der Waals surface area contributed by atoms with Crippen molar-refractivity contribution in [3.8, 4) is 0 Å². The molecule has 8 heteroatoms. The number of hydrogen-bond donors (Lipinski definition) is 0. The Labute approximate surface area is 162 Å². The lowest BCUT2D eigenvalue weighted by atomic mass is 10.2. The highest BCUT2D eigenvalue weighted by Gasteiger charge is 2.26. The third-order valence-corrected chi connectivity index (χ3v) is 7.16. The van der Waals surface area contributed by atoms with Crippen LogP contribution in [0.5, 0.6) is 0 Å². The topological polar surface area (TPSA) is 63.9 Å². The molecule has 1 atom stereocenters. The molecule has 138 valence electrons. The molecule has 0 spiro atoms. The molecule has 0 saturated heterocycles. The number of aromatic nitrogens is 4. The van der Waals surface area contributed by atoms with E-state index >= 15 is 0 Å². The van der Waals surface area contributed by atoms with Gasteiger partial charge in [0.2, 0.25) is 11.1 Å². The van der Waals surface area contributed by atoms with Gasteiger partial charge in [0.25, 0.3) is 0 Å². The maximum absolute atomic E-state index is 13.0. The summed E-state index contributed by atoms with van der Waals surface area (Å²) in [5, 5.41) is 13.4. The van der Waals surface area contributed by atoms with E-state index in [1.54, 1.807) is 0 Å². The van der Waals surface area contributed by atoms with Crippen molar-refractivity contribution in [1.82, 2.24) is 20.2 Å². The zero-order valence-corrected chi connectivity index (χ0v) is 16.5. The number of tetrazole rings is 1. The first-order chi connectivity index (χ1) is 12.7. The summed E-state index contributed by atoms with van der Waals surface area (Å²) in [6.07, 6.45) is 5.71. The molecule has 1 fully saturated rings. The lowest BCUT2D eigenvalue weighted by molar-refractivity contribution is -0.116. The van der Waals surface area contributed by atoms with Crippen molar-refractivity contribution in [2.75, 3.05) is 17.2 Å². The molecule has 4 rings (SSSR count). The largest absolute Gasteiger partial charge is 0.311 e. The maximum Gasteiger partial charge on any atom is 0.237 e. The molecule has 0 bridgehead atoms. The van der Waals surface area contributed by atoms with Crippen LogP contribution in [0, 0.1) is 0 Å². The average Bonchev–Trinajstić information content (AvgIpc) is 3.29. The summed E-state index contributed by atoms with van der Waals surface area (Å²) in [5.74, 6) is 0.485. The van der Waals surface area contributed by atoms with Gasteiger partial charge in [-0.15, -0.1) is 16.9 Å². The van der Waals surface area contributed by atoms with E-state index in [0.717, 1.165) is 36.7 Å². The Morgan fingerprint density at radius 1 is 1.27 bits per heavy atom. The Balaban J connectivity index is 1.46. The summed E-state index contributed by atoms with van der Waals surface area (Å²) in [6, 6.07) is 8.58. The van der Waals surface area contributed by atoms with Crippen molar-refractivity contribution in [3.63, 3.8) is 0 Å². The van der Waals surface area contributed by atoms with E-state index in [-0.39, 0.29) is 5.91 Å². The number of benzene rings is 1. The Kier molecular flexibility index (Phi) is 5.49. The second-order valence-electron chi connectivity index (χ2n) is 6.86. The molecule has 1 saturated carbocycles. The number of anilines is 1. The van der Waals surface area contributed by atoms with Gasteiger partial charge in [-0.3, -0.25) is 4.79 Å². The molecule has 26 heavy (non-hydrogen) atoms. The normalized spacial score (nSPS) is 20.8. The summed E-state index contributed by atoms with van der Waals surface area (Å²) in [6.45, 7) is 2.98. The van der Waals surface area contributed by atoms with E-state index in [2.05, 4.69) is 28.5 Å². The molecule has 1 unspecified atom stereocenters. The van der Waals surface area contributed by atoms with Crippen molar-refractivity contribution in [3.05, 3.63) is 24.3 Å². The smallest absolute Gasteiger partial charge is 0.237 e. The summed E-state index contributed by atoms with van der Waals surface area (Å²) in [4.78, 5) is 16.1. The standard InChI is InChI=1S/C18H23N5OS2/c1-13-10-11-22(15-8-4-5-9-16(15)26-13)17(24)12-25-18-19-20-21-23(18)14-6-2-3-7-14/h4-5,8-9,13-14H,2-3,6-7,10-12H2,1H3. The Morgan fingerprint density at radius 2 is 2.08 bits per heavy atom. The third kappa shape index (κ3) is 3.76. The quantitative estimate of drug-likeness (QED) is 0.741. The number of para-hydroxylation sites is 1. The van der Waals surface area contributed by atoms with Gasteiger partial charge in [0.15, 0.2) is 0 Å². The van der Waals surface area contributed by atoms with E-state index in [1.165, 1.54) is 29.5 Å². The fourth-order valence-electron chi connectivity index (χ4n) is 3.61. The number of hydrogen-bond acceptors (Lipinski definition) is 6. The molecule has 2 heterocycles. The predicted octanol–water partition coefficient (Wildman–Crippen LogP) is 3.80. The Bertz CT molecular complexity index is 774. The van der Waals surface area contributed by atoms with Crippen molar-refractivity contribution in [1.29, 1.82) is 0 Å². The van der Waals surface area contributed by atoms with Crippen molar-refractivity contribution < 1.29 is 4.79 Å². The number of carbonyl (C=O) groups is 1. The Hall–Kier alpha value is -1.54. The number of carbonyl (C=O) groups excluding carboxylic acids is 1. The van der Waals surface area contributed by atoms with Gasteiger partial charge in [-0.05, 0) is 41.8 Å². The fraction of sp³-hybridized carbons (Fsp3) is 0.556. The van der Waals surface area contributed by atoms with Crippen molar-refractivity contribution in [2.24, 2.45) is 0 Å². The highest BCUT2D eigenvalue weighted by atomic mass is 32.2. The average molecular weight is 390 g/mol. The van der Waals surface area contributed by atoms with Gasteiger partial charge in [0.1, 0.15) is 0 Å². The first-order valence-corrected chi connectivity index (χ1v) is 11.1. The van der Waals surface area contributed by atoms with Crippen LogP contribution in [-0.2, 0) is 4.79 Å². The minimum atomic E-state index is 0.123. The number of thioether (sulfide) groups is 2. The van der Waals surface area contributed by atoms with Gasteiger partial charge in [0.05, 0.1) is 17.5 Å². The van der Waals surface area contributed by atoms with Crippen LogP contribution < -0.4 is 4.90 Å². The van der Waals surface area contributed by atoms with E-state index in [1.807, 2.05) is 39.5 Å². The van der Waals surface area contributed by atoms with Gasteiger partial charge in [-0.25, -0.2) is 4.68 Å². The highest BCUT2D eigenvalue weighted by molar-refractivity contribution is 8.00. The predicted molar refractivity (Wildman–Crippen MR) is 105 cm³/mol. The van der Waals surface area contributed by atoms with E-state index in [9.17, 15) is 4.79 Å². The first-order valence-electron chi connectivity index (χ1n) is 9.19. The van der Waals surface area contributed by atoms with Crippen molar-refractivity contribution in [2.45, 2.75) is 60.4 Å². The lowest BCUT2D eigenvalue weighted by Gasteiger charge is -2.22. The van der Waals surface area contributed by atoms with E-state index in [0.29, 0.717) is 17.0 Å². The maximum atomic E-state index is 13.0. The molecule has 2 aromatic rings. The zero-order valence-electron chi connectivity index (χ0n) is 14.9. The van der Waals surface area contributed by atoms with Gasteiger partial charge < -0.3 is 4.90 Å². The van der Waals surface area contributed by atoms with Gasteiger partial charge in [0, 0.05) is 16.7 Å². The summed E-state index contributed by atoms with van der Waals surface area (Å²) in [5.41, 5.74) is 1.03. The van der Waals surface area contributed by atoms with Crippen LogP contribution in [0.2, 0.25) is 0 Å². The van der Waals surface area contributed by atoms with Crippen LogP contribution in [0.4, 0.5) is 5.69 Å². The molecule has 1 aromatic carbocycles. The molecule has 1 amide bonds. The van der Waals surface area contributed by atoms with Gasteiger partial charge in [-0.1, -0.05) is 43.7 Å². The number of rotatable bonds is 4. The molecule has 2 aliphatic rings. The minimum Gasteiger partial charge on any atom is -0.311 e. The zero-order chi connectivity index (χ0) is 17.9.